The zero-order valence-electron chi connectivity index (χ0n) is 28.6. The summed E-state index contributed by atoms with van der Waals surface area (Å²) in [6.45, 7) is 5.79. The fourth-order valence-corrected chi connectivity index (χ4v) is 8.45. The number of aromatic nitrogens is 3. The predicted molar refractivity (Wildman–Crippen MR) is 222 cm³/mol. The molecule has 3 nitrogen and oxygen atoms in total. The Morgan fingerprint density at radius 2 is 1.08 bits per heavy atom. The van der Waals surface area contributed by atoms with E-state index in [0.717, 1.165) is 22.3 Å². The van der Waals surface area contributed by atoms with Crippen LogP contribution in [0.5, 0.6) is 0 Å². The van der Waals surface area contributed by atoms with Gasteiger partial charge in [0.2, 0.25) is 0 Å². The quantitative estimate of drug-likeness (QED) is 0.124. The lowest BCUT2D eigenvalue weighted by Gasteiger charge is -2.12. The van der Waals surface area contributed by atoms with Gasteiger partial charge >= 0.3 is 0 Å². The van der Waals surface area contributed by atoms with Crippen LogP contribution in [-0.4, -0.2) is 15.0 Å². The van der Waals surface area contributed by atoms with Crippen LogP contribution < -0.4 is 0 Å². The van der Waals surface area contributed by atoms with Gasteiger partial charge in [-0.2, -0.15) is 0 Å². The second kappa shape index (κ2) is 13.3. The van der Waals surface area contributed by atoms with E-state index in [0.29, 0.717) is 17.5 Å². The molecule has 0 saturated heterocycles. The third kappa shape index (κ3) is 5.60. The standard InChI is InChI=1S/C48H33N3S/c1-3-4-6-15-31(2)46-49-47(33-16-7-5-8-17-33)51-48(50-46)34-28-26-32(27-29-34)37-22-13-23-40-41-24-14-25-42(45(41)52-44(37)40)43-30-35-18-9-10-19-36(35)38-20-11-12-21-39(38)43/h3-30H,1H2,2H3/b6-4-,31-15+. The topological polar surface area (TPSA) is 38.7 Å². The Balaban J connectivity index is 1.15. The summed E-state index contributed by atoms with van der Waals surface area (Å²) < 4.78 is 2.59. The summed E-state index contributed by atoms with van der Waals surface area (Å²) in [6, 6.07) is 51.9. The Kier molecular flexibility index (Phi) is 8.07. The fourth-order valence-electron chi connectivity index (χ4n) is 7.09. The Hall–Kier alpha value is -6.49. The van der Waals surface area contributed by atoms with Crippen molar-refractivity contribution in [2.75, 3.05) is 0 Å². The molecule has 2 aromatic heterocycles. The maximum absolute atomic E-state index is 4.93. The first kappa shape index (κ1) is 31.5. The molecule has 52 heavy (non-hydrogen) atoms. The monoisotopic (exact) mass is 683 g/mol. The van der Waals surface area contributed by atoms with Crippen molar-refractivity contribution in [3.63, 3.8) is 0 Å². The number of nitrogens with zero attached hydrogens (tertiary/aromatic N) is 3. The molecule has 0 N–H and O–H groups in total. The highest BCUT2D eigenvalue weighted by atomic mass is 32.1. The van der Waals surface area contributed by atoms with Crippen LogP contribution in [0.15, 0.2) is 176 Å². The van der Waals surface area contributed by atoms with Gasteiger partial charge in [-0.3, -0.25) is 0 Å². The van der Waals surface area contributed by atoms with Crippen molar-refractivity contribution in [2.45, 2.75) is 6.92 Å². The fraction of sp³-hybridized carbons (Fsp3) is 0.0208. The molecular formula is C48H33N3S. The molecule has 9 rings (SSSR count). The van der Waals surface area contributed by atoms with E-state index in [1.165, 1.54) is 58.4 Å². The van der Waals surface area contributed by atoms with Crippen molar-refractivity contribution >= 4 is 58.6 Å². The maximum Gasteiger partial charge on any atom is 0.164 e. The highest BCUT2D eigenvalue weighted by Gasteiger charge is 2.17. The third-order valence-electron chi connectivity index (χ3n) is 9.65. The van der Waals surface area contributed by atoms with Crippen LogP contribution in [0.3, 0.4) is 0 Å². The van der Waals surface area contributed by atoms with E-state index in [2.05, 4.69) is 122 Å². The van der Waals surface area contributed by atoms with Crippen LogP contribution >= 0.6 is 11.3 Å². The minimum atomic E-state index is 0.642. The van der Waals surface area contributed by atoms with E-state index in [4.69, 9.17) is 15.0 Å². The van der Waals surface area contributed by atoms with Crippen LogP contribution in [0.4, 0.5) is 0 Å². The van der Waals surface area contributed by atoms with Crippen LogP contribution in [-0.2, 0) is 0 Å². The summed E-state index contributed by atoms with van der Waals surface area (Å²) in [6.07, 6.45) is 7.60. The van der Waals surface area contributed by atoms with Gasteiger partial charge in [0.1, 0.15) is 0 Å². The van der Waals surface area contributed by atoms with Crippen molar-refractivity contribution in [1.82, 2.24) is 15.0 Å². The molecule has 0 radical (unpaired) electrons. The van der Waals surface area contributed by atoms with Crippen LogP contribution in [0.25, 0.3) is 92.3 Å². The third-order valence-corrected chi connectivity index (χ3v) is 10.9. The molecule has 0 unspecified atom stereocenters. The minimum Gasteiger partial charge on any atom is -0.209 e. The van der Waals surface area contributed by atoms with Gasteiger partial charge in [0.25, 0.3) is 0 Å². The van der Waals surface area contributed by atoms with Crippen LogP contribution in [0, 0.1) is 0 Å². The number of fused-ring (bicyclic) bond motifs is 6. The molecule has 7 aromatic carbocycles. The summed E-state index contributed by atoms with van der Waals surface area (Å²) in [5.74, 6) is 1.94. The molecule has 0 spiro atoms. The van der Waals surface area contributed by atoms with Gasteiger partial charge in [0.05, 0.1) is 0 Å². The molecule has 246 valence electrons. The number of thiophene rings is 1. The van der Waals surface area contributed by atoms with Gasteiger partial charge in [-0.05, 0) is 56.8 Å². The minimum absolute atomic E-state index is 0.642. The van der Waals surface area contributed by atoms with E-state index in [1.807, 2.05) is 66.8 Å². The molecule has 0 aliphatic rings. The van der Waals surface area contributed by atoms with Crippen molar-refractivity contribution in [3.05, 3.63) is 182 Å². The summed E-state index contributed by atoms with van der Waals surface area (Å²) in [7, 11) is 0. The molecule has 0 amide bonds. The molecule has 0 fully saturated rings. The van der Waals surface area contributed by atoms with Crippen molar-refractivity contribution in [3.8, 4) is 45.0 Å². The van der Waals surface area contributed by atoms with Crippen molar-refractivity contribution < 1.29 is 0 Å². The number of hydrogen-bond acceptors (Lipinski definition) is 4. The first-order valence-electron chi connectivity index (χ1n) is 17.4. The molecule has 9 aromatic rings. The molecule has 0 aliphatic carbocycles. The zero-order valence-corrected chi connectivity index (χ0v) is 29.4. The van der Waals surface area contributed by atoms with Gasteiger partial charge in [-0.1, -0.05) is 170 Å². The lowest BCUT2D eigenvalue weighted by atomic mass is 9.92. The molecule has 4 heteroatoms. The van der Waals surface area contributed by atoms with Crippen LogP contribution in [0.2, 0.25) is 0 Å². The molecular weight excluding hydrogens is 651 g/mol. The maximum atomic E-state index is 4.93. The van der Waals surface area contributed by atoms with E-state index in [-0.39, 0.29) is 0 Å². The summed E-state index contributed by atoms with van der Waals surface area (Å²) in [4.78, 5) is 14.7. The van der Waals surface area contributed by atoms with E-state index in [9.17, 15) is 0 Å². The molecule has 0 atom stereocenters. The first-order valence-corrected chi connectivity index (χ1v) is 18.2. The Morgan fingerprint density at radius 3 is 1.81 bits per heavy atom. The van der Waals surface area contributed by atoms with Gasteiger partial charge < -0.3 is 0 Å². The number of rotatable bonds is 7. The van der Waals surface area contributed by atoms with Gasteiger partial charge in [-0.15, -0.1) is 11.3 Å². The van der Waals surface area contributed by atoms with E-state index < -0.39 is 0 Å². The Labute approximate surface area is 306 Å². The predicted octanol–water partition coefficient (Wildman–Crippen LogP) is 13.4. The second-order valence-corrected chi connectivity index (χ2v) is 13.9. The Morgan fingerprint density at radius 1 is 0.500 bits per heavy atom. The molecule has 0 saturated carbocycles. The first-order chi connectivity index (χ1) is 25.7. The SMILES string of the molecule is C=C/C=C\C=C(/C)c1nc(-c2ccccc2)nc(-c2ccc(-c3cccc4c3sc3c(-c5cc6ccccc6c6ccccc56)cccc34)cc2)n1. The number of allylic oxidation sites excluding steroid dienone is 5. The molecule has 2 heterocycles. The highest BCUT2D eigenvalue weighted by Crippen LogP contribution is 2.46. The normalized spacial score (nSPS) is 12.1. The van der Waals surface area contributed by atoms with Gasteiger partial charge in [0, 0.05) is 36.9 Å². The Bertz CT molecular complexity index is 2860. The summed E-state index contributed by atoms with van der Waals surface area (Å²) in [5.41, 5.74) is 7.74. The smallest absolute Gasteiger partial charge is 0.164 e. The van der Waals surface area contributed by atoms with Gasteiger partial charge in [0.15, 0.2) is 17.5 Å². The van der Waals surface area contributed by atoms with Gasteiger partial charge in [-0.25, -0.2) is 15.0 Å². The average Bonchev–Trinajstić information content (AvgIpc) is 3.60. The summed E-state index contributed by atoms with van der Waals surface area (Å²) in [5, 5.41) is 7.66. The zero-order chi connectivity index (χ0) is 35.0. The number of hydrogen-bond donors (Lipinski definition) is 0. The average molecular weight is 684 g/mol. The number of benzene rings is 7. The highest BCUT2D eigenvalue weighted by molar-refractivity contribution is 7.26. The van der Waals surface area contributed by atoms with Crippen molar-refractivity contribution in [2.24, 2.45) is 0 Å². The molecule has 0 aliphatic heterocycles. The summed E-state index contributed by atoms with van der Waals surface area (Å²) >= 11 is 1.88. The molecule has 0 bridgehead atoms. The lowest BCUT2D eigenvalue weighted by Crippen LogP contribution is -2.01. The largest absolute Gasteiger partial charge is 0.209 e. The van der Waals surface area contributed by atoms with E-state index in [1.54, 1.807) is 6.08 Å². The second-order valence-electron chi connectivity index (χ2n) is 12.9. The van der Waals surface area contributed by atoms with E-state index >= 15 is 0 Å². The van der Waals surface area contributed by atoms with Crippen LogP contribution in [0.1, 0.15) is 12.7 Å². The van der Waals surface area contributed by atoms with Crippen molar-refractivity contribution in [1.29, 1.82) is 0 Å². The lowest BCUT2D eigenvalue weighted by molar-refractivity contribution is 1.03.